The Morgan fingerprint density at radius 3 is 2.56 bits per heavy atom. The largest absolute Gasteiger partial charge is 0.313 e. The minimum absolute atomic E-state index is 0.187. The first-order valence-electron chi connectivity index (χ1n) is 3.32. The fraction of sp³-hybridized carbons (Fsp3) is 1.00. The summed E-state index contributed by atoms with van der Waals surface area (Å²) in [7, 11) is -0.187. The minimum atomic E-state index is -0.187. The van der Waals surface area contributed by atoms with Gasteiger partial charge in [-0.25, -0.2) is 0 Å². The first-order chi connectivity index (χ1) is 4.31. The monoisotopic (exact) mass is 166 g/mol. The average molecular weight is 166 g/mol. The van der Waals surface area contributed by atoms with Gasteiger partial charge in [-0.05, 0) is 24.5 Å². The van der Waals surface area contributed by atoms with Gasteiger partial charge in [0.05, 0.1) is 6.61 Å². The molecule has 0 fully saturated rings. The Balaban J connectivity index is 3.06. The van der Waals surface area contributed by atoms with Crippen LogP contribution in [0.4, 0.5) is 0 Å². The van der Waals surface area contributed by atoms with E-state index in [9.17, 15) is 0 Å². The minimum Gasteiger partial charge on any atom is -0.313 e. The van der Waals surface area contributed by atoms with E-state index in [0.717, 1.165) is 12.4 Å². The van der Waals surface area contributed by atoms with E-state index in [1.165, 1.54) is 12.8 Å². The summed E-state index contributed by atoms with van der Waals surface area (Å²) in [5.74, 6) is 1.06. The van der Waals surface area contributed by atoms with E-state index >= 15 is 0 Å². The van der Waals surface area contributed by atoms with Gasteiger partial charge in [-0.15, -0.1) is 0 Å². The van der Waals surface area contributed by atoms with Crippen molar-refractivity contribution in [2.75, 3.05) is 12.4 Å². The van der Waals surface area contributed by atoms with Crippen molar-refractivity contribution in [3.8, 4) is 0 Å². The molecule has 0 heterocycles. The molecule has 0 aromatic rings. The molecule has 0 saturated heterocycles. The lowest BCUT2D eigenvalue weighted by Crippen LogP contribution is -1.99. The van der Waals surface area contributed by atoms with Crippen LogP contribution in [0.3, 0.4) is 0 Å². The normalized spacial score (nSPS) is 13.6. The lowest BCUT2D eigenvalue weighted by molar-refractivity contribution is 0.396. The van der Waals surface area contributed by atoms with Gasteiger partial charge < -0.3 is 4.18 Å². The molecule has 0 aromatic carbocycles. The van der Waals surface area contributed by atoms with Gasteiger partial charge in [0.25, 0.3) is 0 Å². The predicted molar refractivity (Wildman–Crippen MR) is 46.1 cm³/mol. The van der Waals surface area contributed by atoms with E-state index in [0.29, 0.717) is 0 Å². The number of rotatable bonds is 5. The smallest absolute Gasteiger partial charge is 0.0588 e. The molecule has 1 atom stereocenters. The topological polar surface area (TPSA) is 9.23 Å². The van der Waals surface area contributed by atoms with Crippen molar-refractivity contribution in [1.82, 2.24) is 0 Å². The van der Waals surface area contributed by atoms with Crippen molar-refractivity contribution in [2.45, 2.75) is 26.7 Å². The highest BCUT2D eigenvalue weighted by atomic mass is 32.8. The van der Waals surface area contributed by atoms with Gasteiger partial charge in [0.15, 0.2) is 0 Å². The maximum absolute atomic E-state index is 5.19. The lowest BCUT2D eigenvalue weighted by Gasteiger charge is -2.00. The van der Waals surface area contributed by atoms with Crippen LogP contribution in [0, 0.1) is 0 Å². The standard InChI is InChI=1S/C6H14OS2/c1-3-5-6-9(8)7-4-2/h3-6H2,1-2H3. The summed E-state index contributed by atoms with van der Waals surface area (Å²) in [6.07, 6.45) is 2.42. The van der Waals surface area contributed by atoms with E-state index in [4.69, 9.17) is 15.4 Å². The highest BCUT2D eigenvalue weighted by Crippen LogP contribution is 1.93. The van der Waals surface area contributed by atoms with Crippen LogP contribution >= 0.6 is 0 Å². The molecule has 0 saturated carbocycles. The zero-order valence-corrected chi connectivity index (χ0v) is 7.69. The van der Waals surface area contributed by atoms with Crippen LogP contribution in [-0.2, 0) is 25.1 Å². The first kappa shape index (κ1) is 9.53. The van der Waals surface area contributed by atoms with Crippen molar-refractivity contribution in [1.29, 1.82) is 0 Å². The third-order valence-electron chi connectivity index (χ3n) is 0.914. The Kier molecular flexibility index (Phi) is 7.04. The molecule has 0 rings (SSSR count). The highest BCUT2D eigenvalue weighted by Gasteiger charge is 1.90. The van der Waals surface area contributed by atoms with E-state index in [1.54, 1.807) is 0 Å². The molecular weight excluding hydrogens is 152 g/mol. The third kappa shape index (κ3) is 6.41. The fourth-order valence-corrected chi connectivity index (χ4v) is 2.00. The number of hydrogen-bond acceptors (Lipinski definition) is 2. The molecule has 0 amide bonds. The Morgan fingerprint density at radius 1 is 1.44 bits per heavy atom. The van der Waals surface area contributed by atoms with E-state index < -0.39 is 0 Å². The van der Waals surface area contributed by atoms with Crippen LogP contribution in [0.25, 0.3) is 0 Å². The Bertz CT molecular complexity index is 83.1. The van der Waals surface area contributed by atoms with Gasteiger partial charge in [-0.3, -0.25) is 0 Å². The molecule has 3 heteroatoms. The van der Waals surface area contributed by atoms with Crippen LogP contribution in [0.2, 0.25) is 0 Å². The van der Waals surface area contributed by atoms with E-state index in [1.807, 2.05) is 6.92 Å². The van der Waals surface area contributed by atoms with Crippen molar-refractivity contribution < 1.29 is 4.18 Å². The summed E-state index contributed by atoms with van der Waals surface area (Å²) in [4.78, 5) is 0. The molecule has 0 aliphatic rings. The summed E-state index contributed by atoms with van der Waals surface area (Å²) in [5, 5.41) is 0. The summed E-state index contributed by atoms with van der Waals surface area (Å²) >= 11 is 5.01. The maximum atomic E-state index is 5.19. The third-order valence-corrected chi connectivity index (χ3v) is 2.82. The van der Waals surface area contributed by atoms with Crippen molar-refractivity contribution in [3.05, 3.63) is 0 Å². The number of hydrogen-bond donors (Lipinski definition) is 0. The van der Waals surface area contributed by atoms with Crippen LogP contribution in [0.5, 0.6) is 0 Å². The number of unbranched alkanes of at least 4 members (excludes halogenated alkanes) is 1. The molecule has 0 radical (unpaired) electrons. The molecule has 1 unspecified atom stereocenters. The van der Waals surface area contributed by atoms with Gasteiger partial charge in [0.2, 0.25) is 0 Å². The highest BCUT2D eigenvalue weighted by molar-refractivity contribution is 8.26. The second-order valence-electron chi connectivity index (χ2n) is 1.77. The van der Waals surface area contributed by atoms with Crippen LogP contribution in [0.15, 0.2) is 0 Å². The average Bonchev–Trinajstić information content (AvgIpc) is 1.85. The van der Waals surface area contributed by atoms with Crippen LogP contribution in [-0.4, -0.2) is 12.4 Å². The summed E-state index contributed by atoms with van der Waals surface area (Å²) in [6.45, 7) is 4.91. The zero-order valence-electron chi connectivity index (χ0n) is 6.05. The molecule has 0 aliphatic heterocycles. The van der Waals surface area contributed by atoms with Gasteiger partial charge in [-0.2, -0.15) is 0 Å². The van der Waals surface area contributed by atoms with Crippen LogP contribution in [0.1, 0.15) is 26.7 Å². The Morgan fingerprint density at radius 2 is 2.11 bits per heavy atom. The summed E-state index contributed by atoms with van der Waals surface area (Å²) < 4.78 is 5.19. The molecule has 0 N–H and O–H groups in total. The van der Waals surface area contributed by atoms with E-state index in [2.05, 4.69) is 6.92 Å². The molecule has 0 bridgehead atoms. The zero-order chi connectivity index (χ0) is 7.11. The molecule has 0 aromatic heterocycles. The molecular formula is C6H14OS2. The molecule has 0 spiro atoms. The van der Waals surface area contributed by atoms with Gasteiger partial charge in [0.1, 0.15) is 0 Å². The van der Waals surface area contributed by atoms with Crippen molar-refractivity contribution in [3.63, 3.8) is 0 Å². The van der Waals surface area contributed by atoms with Gasteiger partial charge >= 0.3 is 0 Å². The van der Waals surface area contributed by atoms with Crippen molar-refractivity contribution >= 4 is 20.9 Å². The molecule has 0 aliphatic carbocycles. The SMILES string of the molecule is CCCCS(=S)OCC. The first-order valence-corrected chi connectivity index (χ1v) is 5.57. The second kappa shape index (κ2) is 6.65. The fourth-order valence-electron chi connectivity index (χ4n) is 0.453. The van der Waals surface area contributed by atoms with E-state index in [-0.39, 0.29) is 9.74 Å². The molecule has 56 valence electrons. The quantitative estimate of drug-likeness (QED) is 0.616. The Labute approximate surface area is 64.6 Å². The van der Waals surface area contributed by atoms with Gasteiger partial charge in [-0.1, -0.05) is 13.3 Å². The lowest BCUT2D eigenvalue weighted by atomic mass is 10.4. The molecule has 9 heavy (non-hydrogen) atoms. The van der Waals surface area contributed by atoms with Crippen molar-refractivity contribution in [2.24, 2.45) is 0 Å². The second-order valence-corrected chi connectivity index (χ2v) is 4.13. The summed E-state index contributed by atoms with van der Waals surface area (Å²) in [6, 6.07) is 0. The Hall–Kier alpha value is 0.530. The molecule has 1 nitrogen and oxygen atoms in total. The van der Waals surface area contributed by atoms with Gasteiger partial charge in [0, 0.05) is 15.5 Å². The maximum Gasteiger partial charge on any atom is 0.0588 e. The van der Waals surface area contributed by atoms with Crippen LogP contribution < -0.4 is 0 Å². The summed E-state index contributed by atoms with van der Waals surface area (Å²) in [5.41, 5.74) is 0. The predicted octanol–water partition coefficient (Wildman–Crippen LogP) is 1.82.